The van der Waals surface area contributed by atoms with E-state index in [2.05, 4.69) is 5.32 Å². The molecule has 1 aliphatic rings. The summed E-state index contributed by atoms with van der Waals surface area (Å²) in [5.74, 6) is -1.55. The number of carbonyl (C=O) groups is 3. The highest BCUT2D eigenvalue weighted by Gasteiger charge is 2.27. The molecular formula is C15H18N2O4. The second kappa shape index (κ2) is 6.88. The molecular weight excluding hydrogens is 272 g/mol. The Morgan fingerprint density at radius 3 is 2.33 bits per heavy atom. The predicted molar refractivity (Wildman–Crippen MR) is 75.7 cm³/mol. The normalized spacial score (nSPS) is 15.5. The van der Waals surface area contributed by atoms with Crippen molar-refractivity contribution in [3.8, 4) is 0 Å². The molecule has 1 saturated heterocycles. The largest absolute Gasteiger partial charge is 0.480 e. The van der Waals surface area contributed by atoms with E-state index in [1.54, 1.807) is 17.0 Å². The molecule has 1 heterocycles. The van der Waals surface area contributed by atoms with E-state index in [1.165, 1.54) is 0 Å². The maximum Gasteiger partial charge on any atom is 0.322 e. The zero-order valence-electron chi connectivity index (χ0n) is 11.6. The Kier molecular flexibility index (Phi) is 4.92. The van der Waals surface area contributed by atoms with Gasteiger partial charge in [0.05, 0.1) is 0 Å². The molecule has 0 bridgehead atoms. The van der Waals surface area contributed by atoms with Crippen LogP contribution in [0.2, 0.25) is 0 Å². The molecule has 1 aromatic carbocycles. The predicted octanol–water partition coefficient (Wildman–Crippen LogP) is 0.740. The van der Waals surface area contributed by atoms with Crippen LogP contribution in [0.3, 0.4) is 0 Å². The second-order valence-electron chi connectivity index (χ2n) is 5.04. The van der Waals surface area contributed by atoms with Crippen molar-refractivity contribution in [1.29, 1.82) is 0 Å². The number of carboxylic acid groups (broad SMARTS) is 1. The summed E-state index contributed by atoms with van der Waals surface area (Å²) in [6.07, 6.45) is 1.12. The average Bonchev–Trinajstić information content (AvgIpc) is 2.53. The number of nitrogens with one attached hydrogen (secondary N) is 1. The first-order valence-corrected chi connectivity index (χ1v) is 6.92. The zero-order valence-corrected chi connectivity index (χ0v) is 11.6. The highest BCUT2D eigenvalue weighted by Crippen LogP contribution is 2.19. The minimum absolute atomic E-state index is 0.0278. The molecule has 6 heteroatoms. The summed E-state index contributed by atoms with van der Waals surface area (Å²) in [4.78, 5) is 36.2. The first-order chi connectivity index (χ1) is 10.1. The molecule has 112 valence electrons. The number of carboxylic acids is 1. The van der Waals surface area contributed by atoms with E-state index < -0.39 is 5.97 Å². The number of piperidine rings is 1. The van der Waals surface area contributed by atoms with Gasteiger partial charge in [-0.15, -0.1) is 0 Å². The first-order valence-electron chi connectivity index (χ1n) is 6.92. The molecule has 1 fully saturated rings. The molecule has 0 radical (unpaired) electrons. The van der Waals surface area contributed by atoms with Crippen molar-refractivity contribution in [1.82, 2.24) is 10.2 Å². The Bertz CT molecular complexity index is 522. The minimum Gasteiger partial charge on any atom is -0.480 e. The lowest BCUT2D eigenvalue weighted by atomic mass is 9.95. The summed E-state index contributed by atoms with van der Waals surface area (Å²) in [5, 5.41) is 10.9. The molecule has 0 unspecified atom stereocenters. The number of likely N-dealkylation sites (tertiary alicyclic amines) is 1. The number of nitrogens with zero attached hydrogens (tertiary/aromatic N) is 1. The summed E-state index contributed by atoms with van der Waals surface area (Å²) in [7, 11) is 0. The molecule has 0 aliphatic carbocycles. The third-order valence-electron chi connectivity index (χ3n) is 3.59. The third kappa shape index (κ3) is 4.05. The van der Waals surface area contributed by atoms with Gasteiger partial charge in [0.25, 0.3) is 5.91 Å². The first kappa shape index (κ1) is 15.0. The van der Waals surface area contributed by atoms with Gasteiger partial charge in [0.15, 0.2) is 0 Å². The van der Waals surface area contributed by atoms with Crippen molar-refractivity contribution in [2.24, 2.45) is 5.92 Å². The van der Waals surface area contributed by atoms with Gasteiger partial charge >= 0.3 is 5.97 Å². The van der Waals surface area contributed by atoms with Crippen LogP contribution in [-0.2, 0) is 9.59 Å². The van der Waals surface area contributed by atoms with Crippen LogP contribution in [0.1, 0.15) is 23.2 Å². The molecule has 0 aromatic heterocycles. The fourth-order valence-corrected chi connectivity index (χ4v) is 2.42. The van der Waals surface area contributed by atoms with Crippen LogP contribution in [0.5, 0.6) is 0 Å². The summed E-state index contributed by atoms with van der Waals surface area (Å²) in [5.41, 5.74) is 0.645. The van der Waals surface area contributed by atoms with E-state index in [9.17, 15) is 14.4 Å². The monoisotopic (exact) mass is 290 g/mol. The van der Waals surface area contributed by atoms with Crippen molar-refractivity contribution in [2.45, 2.75) is 12.8 Å². The molecule has 1 aliphatic heterocycles. The molecule has 0 spiro atoms. The molecule has 2 N–H and O–H groups in total. The Labute approximate surface area is 122 Å². The van der Waals surface area contributed by atoms with E-state index in [1.807, 2.05) is 18.2 Å². The van der Waals surface area contributed by atoms with Gasteiger partial charge in [-0.3, -0.25) is 14.4 Å². The van der Waals surface area contributed by atoms with E-state index >= 15 is 0 Å². The number of hydrogen-bond acceptors (Lipinski definition) is 3. The fourth-order valence-electron chi connectivity index (χ4n) is 2.42. The van der Waals surface area contributed by atoms with E-state index in [0.29, 0.717) is 31.5 Å². The number of carbonyl (C=O) groups excluding carboxylic acids is 2. The highest BCUT2D eigenvalue weighted by atomic mass is 16.4. The number of hydrogen-bond donors (Lipinski definition) is 2. The van der Waals surface area contributed by atoms with Crippen LogP contribution >= 0.6 is 0 Å². The number of benzene rings is 1. The quantitative estimate of drug-likeness (QED) is 0.856. The Balaban J connectivity index is 1.84. The van der Waals surface area contributed by atoms with E-state index in [-0.39, 0.29) is 24.3 Å². The van der Waals surface area contributed by atoms with Gasteiger partial charge in [-0.1, -0.05) is 18.2 Å². The SMILES string of the molecule is O=C(O)CNC(=O)C1CCN(C(=O)c2ccccc2)CC1. The molecule has 6 nitrogen and oxygen atoms in total. The molecule has 2 amide bonds. The Morgan fingerprint density at radius 1 is 1.14 bits per heavy atom. The van der Waals surface area contributed by atoms with Gasteiger partial charge in [-0.05, 0) is 25.0 Å². The highest BCUT2D eigenvalue weighted by molar-refractivity contribution is 5.94. The number of rotatable bonds is 4. The number of amides is 2. The standard InChI is InChI=1S/C15H18N2O4/c18-13(19)10-16-14(20)11-6-8-17(9-7-11)15(21)12-4-2-1-3-5-12/h1-5,11H,6-10H2,(H,16,20)(H,18,19). The van der Waals surface area contributed by atoms with Gasteiger partial charge in [0, 0.05) is 24.6 Å². The van der Waals surface area contributed by atoms with Crippen molar-refractivity contribution < 1.29 is 19.5 Å². The maximum absolute atomic E-state index is 12.2. The summed E-state index contributed by atoms with van der Waals surface area (Å²) < 4.78 is 0. The van der Waals surface area contributed by atoms with Gasteiger partial charge in [0.1, 0.15) is 6.54 Å². The fraction of sp³-hybridized carbons (Fsp3) is 0.400. The smallest absolute Gasteiger partial charge is 0.322 e. The number of aliphatic carboxylic acids is 1. The molecule has 2 rings (SSSR count). The third-order valence-corrected chi connectivity index (χ3v) is 3.59. The van der Waals surface area contributed by atoms with Crippen molar-refractivity contribution in [3.63, 3.8) is 0 Å². The molecule has 0 saturated carbocycles. The summed E-state index contributed by atoms with van der Waals surface area (Å²) in [6.45, 7) is 0.666. The molecule has 21 heavy (non-hydrogen) atoms. The van der Waals surface area contributed by atoms with Crippen LogP contribution < -0.4 is 5.32 Å². The topological polar surface area (TPSA) is 86.7 Å². The lowest BCUT2D eigenvalue weighted by Crippen LogP contribution is -2.43. The minimum atomic E-state index is -1.06. The Hall–Kier alpha value is -2.37. The van der Waals surface area contributed by atoms with E-state index in [0.717, 1.165) is 0 Å². The van der Waals surface area contributed by atoms with Crippen molar-refractivity contribution in [2.75, 3.05) is 19.6 Å². The molecule has 1 aromatic rings. The van der Waals surface area contributed by atoms with Crippen molar-refractivity contribution >= 4 is 17.8 Å². The lowest BCUT2D eigenvalue weighted by molar-refractivity contribution is -0.138. The van der Waals surface area contributed by atoms with Crippen LogP contribution in [0.4, 0.5) is 0 Å². The van der Waals surface area contributed by atoms with E-state index in [4.69, 9.17) is 5.11 Å². The van der Waals surface area contributed by atoms with Gasteiger partial charge in [-0.25, -0.2) is 0 Å². The second-order valence-corrected chi connectivity index (χ2v) is 5.04. The van der Waals surface area contributed by atoms with Gasteiger partial charge in [0.2, 0.25) is 5.91 Å². The van der Waals surface area contributed by atoms with Gasteiger partial charge in [-0.2, -0.15) is 0 Å². The zero-order chi connectivity index (χ0) is 15.2. The maximum atomic E-state index is 12.2. The molecule has 0 atom stereocenters. The summed E-state index contributed by atoms with van der Waals surface area (Å²) >= 11 is 0. The van der Waals surface area contributed by atoms with Crippen LogP contribution in [0.25, 0.3) is 0 Å². The van der Waals surface area contributed by atoms with Crippen LogP contribution in [0.15, 0.2) is 30.3 Å². The Morgan fingerprint density at radius 2 is 1.76 bits per heavy atom. The van der Waals surface area contributed by atoms with Gasteiger partial charge < -0.3 is 15.3 Å². The lowest BCUT2D eigenvalue weighted by Gasteiger charge is -2.31. The summed E-state index contributed by atoms with van der Waals surface area (Å²) in [6, 6.07) is 9.04. The van der Waals surface area contributed by atoms with Crippen LogP contribution in [-0.4, -0.2) is 47.4 Å². The van der Waals surface area contributed by atoms with Crippen LogP contribution in [0, 0.1) is 5.92 Å². The van der Waals surface area contributed by atoms with Crippen molar-refractivity contribution in [3.05, 3.63) is 35.9 Å². The average molecular weight is 290 g/mol.